The van der Waals surface area contributed by atoms with Crippen LogP contribution in [-0.4, -0.2) is 73.4 Å². The van der Waals surface area contributed by atoms with Crippen molar-refractivity contribution >= 4 is 17.8 Å². The van der Waals surface area contributed by atoms with Crippen molar-refractivity contribution in [2.45, 2.75) is 58.3 Å². The Morgan fingerprint density at radius 2 is 1.77 bits per heavy atom. The zero-order chi connectivity index (χ0) is 18.6. The zero-order valence-electron chi connectivity index (χ0n) is 16.3. The maximum atomic E-state index is 12.2. The summed E-state index contributed by atoms with van der Waals surface area (Å²) in [6.45, 7) is 7.11. The Bertz CT molecular complexity index is 475. The summed E-state index contributed by atoms with van der Waals surface area (Å²) >= 11 is 0. The summed E-state index contributed by atoms with van der Waals surface area (Å²) in [7, 11) is 0. The SMILES string of the molecule is CCNC(=NCC(=O)N1CCCCC1)NCCCN1CCCCCC1=O. The second kappa shape index (κ2) is 11.8. The number of likely N-dealkylation sites (tertiary alicyclic amines) is 2. The van der Waals surface area contributed by atoms with E-state index in [1.165, 1.54) is 6.42 Å². The number of carbonyl (C=O) groups excluding carboxylic acids is 2. The van der Waals surface area contributed by atoms with Gasteiger partial charge in [0.25, 0.3) is 0 Å². The van der Waals surface area contributed by atoms with E-state index in [1.807, 2.05) is 16.7 Å². The number of amides is 2. The van der Waals surface area contributed by atoms with Gasteiger partial charge in [-0.3, -0.25) is 9.59 Å². The first-order valence-electron chi connectivity index (χ1n) is 10.3. The van der Waals surface area contributed by atoms with Gasteiger partial charge in [0, 0.05) is 45.7 Å². The Morgan fingerprint density at radius 1 is 1.04 bits per heavy atom. The van der Waals surface area contributed by atoms with Gasteiger partial charge in [-0.15, -0.1) is 0 Å². The fraction of sp³-hybridized carbons (Fsp3) is 0.842. The Kier molecular flexibility index (Phi) is 9.28. The molecule has 7 nitrogen and oxygen atoms in total. The molecule has 0 saturated carbocycles. The molecule has 0 aliphatic carbocycles. The largest absolute Gasteiger partial charge is 0.357 e. The van der Waals surface area contributed by atoms with Crippen molar-refractivity contribution in [1.29, 1.82) is 0 Å². The van der Waals surface area contributed by atoms with Crippen LogP contribution >= 0.6 is 0 Å². The molecule has 0 bridgehead atoms. The molecule has 26 heavy (non-hydrogen) atoms. The molecular weight excluding hydrogens is 330 g/mol. The Morgan fingerprint density at radius 3 is 2.54 bits per heavy atom. The van der Waals surface area contributed by atoms with Crippen LogP contribution in [0.5, 0.6) is 0 Å². The van der Waals surface area contributed by atoms with Crippen LogP contribution in [0.4, 0.5) is 0 Å². The molecule has 0 radical (unpaired) electrons. The maximum absolute atomic E-state index is 12.2. The maximum Gasteiger partial charge on any atom is 0.244 e. The van der Waals surface area contributed by atoms with Crippen molar-refractivity contribution in [3.05, 3.63) is 0 Å². The number of piperidine rings is 1. The highest BCUT2D eigenvalue weighted by atomic mass is 16.2. The number of aliphatic imine (C=N–C) groups is 1. The van der Waals surface area contributed by atoms with Crippen molar-refractivity contribution in [2.75, 3.05) is 45.8 Å². The summed E-state index contributed by atoms with van der Waals surface area (Å²) in [5, 5.41) is 6.46. The molecular formula is C19H35N5O2. The van der Waals surface area contributed by atoms with E-state index < -0.39 is 0 Å². The smallest absolute Gasteiger partial charge is 0.244 e. The van der Waals surface area contributed by atoms with Crippen LogP contribution < -0.4 is 10.6 Å². The Labute approximate surface area is 157 Å². The molecule has 2 aliphatic heterocycles. The number of hydrogen-bond donors (Lipinski definition) is 2. The van der Waals surface area contributed by atoms with Gasteiger partial charge in [0.15, 0.2) is 5.96 Å². The van der Waals surface area contributed by atoms with E-state index in [4.69, 9.17) is 0 Å². The van der Waals surface area contributed by atoms with Gasteiger partial charge in [-0.25, -0.2) is 4.99 Å². The van der Waals surface area contributed by atoms with Gasteiger partial charge in [0.1, 0.15) is 6.54 Å². The standard InChI is InChI=1S/C19H35N5O2/c1-2-20-19(22-16-18(26)24-13-7-4-8-14-24)21-11-9-15-23-12-6-3-5-10-17(23)25/h2-16H2,1H3,(H2,20,21,22). The van der Waals surface area contributed by atoms with Crippen molar-refractivity contribution < 1.29 is 9.59 Å². The first kappa shape index (κ1) is 20.5. The lowest BCUT2D eigenvalue weighted by molar-refractivity contribution is -0.131. The second-order valence-electron chi connectivity index (χ2n) is 7.11. The molecule has 2 rings (SSSR count). The molecule has 148 valence electrons. The van der Waals surface area contributed by atoms with E-state index >= 15 is 0 Å². The van der Waals surface area contributed by atoms with Crippen molar-refractivity contribution in [1.82, 2.24) is 20.4 Å². The molecule has 0 unspecified atom stereocenters. The van der Waals surface area contributed by atoms with Crippen LogP contribution in [0.1, 0.15) is 58.3 Å². The fourth-order valence-corrected chi connectivity index (χ4v) is 3.48. The molecule has 2 fully saturated rings. The highest BCUT2D eigenvalue weighted by Crippen LogP contribution is 2.11. The van der Waals surface area contributed by atoms with Crippen LogP contribution in [0, 0.1) is 0 Å². The fourth-order valence-electron chi connectivity index (χ4n) is 3.48. The lowest BCUT2D eigenvalue weighted by Crippen LogP contribution is -2.41. The summed E-state index contributed by atoms with van der Waals surface area (Å²) < 4.78 is 0. The van der Waals surface area contributed by atoms with Crippen molar-refractivity contribution in [2.24, 2.45) is 4.99 Å². The van der Waals surface area contributed by atoms with Crippen LogP contribution in [0.3, 0.4) is 0 Å². The first-order chi connectivity index (χ1) is 12.7. The van der Waals surface area contributed by atoms with E-state index in [1.54, 1.807) is 0 Å². The Balaban J connectivity index is 1.70. The Hall–Kier alpha value is -1.79. The number of rotatable bonds is 7. The molecule has 0 aromatic carbocycles. The highest BCUT2D eigenvalue weighted by Gasteiger charge is 2.17. The van der Waals surface area contributed by atoms with Gasteiger partial charge in [-0.2, -0.15) is 0 Å². The third-order valence-electron chi connectivity index (χ3n) is 4.99. The highest BCUT2D eigenvalue weighted by molar-refractivity contribution is 5.85. The third kappa shape index (κ3) is 7.22. The van der Waals surface area contributed by atoms with E-state index in [-0.39, 0.29) is 18.4 Å². The molecule has 0 aromatic heterocycles. The third-order valence-corrected chi connectivity index (χ3v) is 4.99. The number of nitrogens with one attached hydrogen (secondary N) is 2. The predicted molar refractivity (Wildman–Crippen MR) is 104 cm³/mol. The van der Waals surface area contributed by atoms with E-state index in [9.17, 15) is 9.59 Å². The number of nitrogens with zero attached hydrogens (tertiary/aromatic N) is 3. The molecule has 7 heteroatoms. The summed E-state index contributed by atoms with van der Waals surface area (Å²) in [6.07, 6.45) is 8.29. The molecule has 0 atom stereocenters. The van der Waals surface area contributed by atoms with Crippen LogP contribution in [-0.2, 0) is 9.59 Å². The molecule has 2 saturated heterocycles. The molecule has 0 spiro atoms. The molecule has 2 N–H and O–H groups in total. The van der Waals surface area contributed by atoms with Crippen LogP contribution in [0.15, 0.2) is 4.99 Å². The lowest BCUT2D eigenvalue weighted by atomic mass is 10.1. The average molecular weight is 366 g/mol. The minimum Gasteiger partial charge on any atom is -0.357 e. The van der Waals surface area contributed by atoms with Gasteiger partial charge < -0.3 is 20.4 Å². The van der Waals surface area contributed by atoms with Gasteiger partial charge in [0.2, 0.25) is 11.8 Å². The molecule has 0 aromatic rings. The van der Waals surface area contributed by atoms with E-state index in [2.05, 4.69) is 15.6 Å². The second-order valence-corrected chi connectivity index (χ2v) is 7.11. The summed E-state index contributed by atoms with van der Waals surface area (Å²) in [6, 6.07) is 0. The molecule has 2 amide bonds. The normalized spacial score (nSPS) is 19.3. The van der Waals surface area contributed by atoms with Gasteiger partial charge in [0.05, 0.1) is 0 Å². The zero-order valence-corrected chi connectivity index (χ0v) is 16.3. The average Bonchev–Trinajstić information content (AvgIpc) is 2.87. The van der Waals surface area contributed by atoms with E-state index in [0.29, 0.717) is 12.4 Å². The van der Waals surface area contributed by atoms with Gasteiger partial charge in [-0.1, -0.05) is 6.42 Å². The predicted octanol–water partition coefficient (Wildman–Crippen LogP) is 1.35. The first-order valence-corrected chi connectivity index (χ1v) is 10.3. The van der Waals surface area contributed by atoms with Crippen LogP contribution in [0.25, 0.3) is 0 Å². The summed E-state index contributed by atoms with van der Waals surface area (Å²) in [4.78, 5) is 32.6. The summed E-state index contributed by atoms with van der Waals surface area (Å²) in [5.41, 5.74) is 0. The number of hydrogen-bond acceptors (Lipinski definition) is 3. The topological polar surface area (TPSA) is 77.0 Å². The minimum absolute atomic E-state index is 0.108. The van der Waals surface area contributed by atoms with E-state index in [0.717, 1.165) is 77.8 Å². The van der Waals surface area contributed by atoms with Gasteiger partial charge >= 0.3 is 0 Å². The monoisotopic (exact) mass is 365 g/mol. The lowest BCUT2D eigenvalue weighted by Gasteiger charge is -2.26. The van der Waals surface area contributed by atoms with Crippen LogP contribution in [0.2, 0.25) is 0 Å². The van der Waals surface area contributed by atoms with Gasteiger partial charge in [-0.05, 0) is 45.4 Å². The van der Waals surface area contributed by atoms with Crippen molar-refractivity contribution in [3.63, 3.8) is 0 Å². The number of carbonyl (C=O) groups is 2. The quantitative estimate of drug-likeness (QED) is 0.406. The molecule has 2 heterocycles. The summed E-state index contributed by atoms with van der Waals surface area (Å²) in [5.74, 6) is 1.08. The van der Waals surface area contributed by atoms with Crippen molar-refractivity contribution in [3.8, 4) is 0 Å². The number of guanidine groups is 1. The molecule has 2 aliphatic rings. The minimum atomic E-state index is 0.108.